The summed E-state index contributed by atoms with van der Waals surface area (Å²) in [5.74, 6) is -2.36. The van der Waals surface area contributed by atoms with Gasteiger partial charge in [0, 0.05) is 12.2 Å². The molecule has 6 atom stereocenters. The highest BCUT2D eigenvalue weighted by Crippen LogP contribution is 2.64. The Bertz CT molecular complexity index is 1210. The van der Waals surface area contributed by atoms with Crippen LogP contribution in [0.1, 0.15) is 57.9 Å². The summed E-state index contributed by atoms with van der Waals surface area (Å²) in [7, 11) is 0. The lowest BCUT2D eigenvalue weighted by Crippen LogP contribution is -2.58. The summed E-state index contributed by atoms with van der Waals surface area (Å²) < 4.78 is 6.83. The lowest BCUT2D eigenvalue weighted by Gasteiger charge is -2.37. The maximum atomic E-state index is 14.5. The molecule has 0 aromatic heterocycles. The van der Waals surface area contributed by atoms with Gasteiger partial charge < -0.3 is 25.4 Å². The average molecular weight is 548 g/mol. The van der Waals surface area contributed by atoms with E-state index in [1.807, 2.05) is 67.6 Å². The molecule has 3 N–H and O–H groups in total. The molecule has 2 unspecified atom stereocenters. The largest absolute Gasteiger partial charge is 0.394 e. The Hall–Kier alpha value is -3.23. The van der Waals surface area contributed by atoms with E-state index in [4.69, 9.17) is 4.74 Å². The first kappa shape index (κ1) is 28.3. The van der Waals surface area contributed by atoms with Gasteiger partial charge in [-0.2, -0.15) is 0 Å². The van der Waals surface area contributed by atoms with Gasteiger partial charge in [-0.15, -0.1) is 0 Å². The van der Waals surface area contributed by atoms with Crippen molar-refractivity contribution in [2.45, 2.75) is 82.1 Å². The molecule has 3 saturated heterocycles. The topological polar surface area (TPSA) is 108 Å². The van der Waals surface area contributed by atoms with Gasteiger partial charge in [0.15, 0.2) is 0 Å². The van der Waals surface area contributed by atoms with Crippen molar-refractivity contribution in [1.29, 1.82) is 0 Å². The Morgan fingerprint density at radius 1 is 1.02 bits per heavy atom. The van der Waals surface area contributed by atoms with Crippen LogP contribution in [0, 0.1) is 11.8 Å². The monoisotopic (exact) mass is 547 g/mol. The molecule has 40 heavy (non-hydrogen) atoms. The summed E-state index contributed by atoms with van der Waals surface area (Å²) in [4.78, 5) is 43.9. The van der Waals surface area contributed by atoms with Gasteiger partial charge in [0.05, 0.1) is 30.1 Å². The molecule has 0 aliphatic carbocycles. The number of aliphatic hydroxyl groups excluding tert-OH is 1. The number of para-hydroxylation sites is 1. The van der Waals surface area contributed by atoms with E-state index in [1.165, 1.54) is 0 Å². The highest BCUT2D eigenvalue weighted by atomic mass is 16.5. The smallest absolute Gasteiger partial charge is 0.245 e. The van der Waals surface area contributed by atoms with Crippen LogP contribution in [0.3, 0.4) is 0 Å². The third-order valence-electron chi connectivity index (χ3n) is 9.19. The van der Waals surface area contributed by atoms with Crippen molar-refractivity contribution in [1.82, 2.24) is 10.2 Å². The lowest BCUT2D eigenvalue weighted by molar-refractivity contribution is -0.150. The molecule has 2 bridgehead atoms. The molecule has 3 amide bonds. The number of carbonyl (C=O) groups excluding carboxylic acids is 3. The van der Waals surface area contributed by atoms with E-state index < -0.39 is 35.1 Å². The van der Waals surface area contributed by atoms with Crippen LogP contribution in [0.2, 0.25) is 0 Å². The molecule has 3 fully saturated rings. The summed E-state index contributed by atoms with van der Waals surface area (Å²) >= 11 is 0. The Kier molecular flexibility index (Phi) is 8.29. The number of likely N-dealkylation sites (tertiary alicyclic amines) is 1. The van der Waals surface area contributed by atoms with Gasteiger partial charge in [-0.1, -0.05) is 75.2 Å². The zero-order valence-corrected chi connectivity index (χ0v) is 23.5. The predicted molar refractivity (Wildman–Crippen MR) is 152 cm³/mol. The fraction of sp³-hybridized carbons (Fsp3) is 0.531. The van der Waals surface area contributed by atoms with Gasteiger partial charge in [-0.25, -0.2) is 0 Å². The number of aliphatic hydroxyl groups is 1. The normalized spacial score (nSPS) is 29.3. The van der Waals surface area contributed by atoms with Crippen LogP contribution < -0.4 is 10.6 Å². The molecule has 2 aromatic rings. The van der Waals surface area contributed by atoms with Crippen LogP contribution in [-0.4, -0.2) is 64.2 Å². The first-order chi connectivity index (χ1) is 19.4. The number of nitrogens with one attached hydrogen (secondary N) is 2. The van der Waals surface area contributed by atoms with Gasteiger partial charge in [-0.3, -0.25) is 14.4 Å². The van der Waals surface area contributed by atoms with Gasteiger partial charge in [0.1, 0.15) is 11.6 Å². The molecule has 8 nitrogen and oxygen atoms in total. The number of amides is 3. The van der Waals surface area contributed by atoms with Crippen LogP contribution >= 0.6 is 0 Å². The highest BCUT2D eigenvalue weighted by molar-refractivity contribution is 6.02. The van der Waals surface area contributed by atoms with Crippen molar-refractivity contribution in [3.8, 4) is 0 Å². The minimum absolute atomic E-state index is 0.263. The van der Waals surface area contributed by atoms with Crippen molar-refractivity contribution < 1.29 is 24.2 Å². The average Bonchev–Trinajstić information content (AvgIpc) is 3.58. The fourth-order valence-electron chi connectivity index (χ4n) is 7.31. The zero-order chi connectivity index (χ0) is 28.3. The third-order valence-corrected chi connectivity index (χ3v) is 9.19. The van der Waals surface area contributed by atoms with Gasteiger partial charge >= 0.3 is 0 Å². The van der Waals surface area contributed by atoms with Crippen LogP contribution in [0.5, 0.6) is 0 Å². The number of fused-ring (bicyclic) bond motifs is 1. The molecule has 2 aromatic carbocycles. The third kappa shape index (κ3) is 4.81. The van der Waals surface area contributed by atoms with Crippen LogP contribution in [0.15, 0.2) is 60.7 Å². The van der Waals surface area contributed by atoms with Crippen molar-refractivity contribution in [2.75, 3.05) is 18.5 Å². The molecule has 3 aliphatic heterocycles. The number of hydrogen-bond acceptors (Lipinski definition) is 5. The molecule has 1 spiro atoms. The maximum Gasteiger partial charge on any atom is 0.245 e. The van der Waals surface area contributed by atoms with Gasteiger partial charge in [-0.05, 0) is 49.8 Å². The van der Waals surface area contributed by atoms with Crippen molar-refractivity contribution in [3.05, 3.63) is 66.2 Å². The van der Waals surface area contributed by atoms with Crippen LogP contribution in [0.25, 0.3) is 0 Å². The summed E-state index contributed by atoms with van der Waals surface area (Å²) in [5.41, 5.74) is -0.328. The van der Waals surface area contributed by atoms with E-state index in [9.17, 15) is 19.5 Å². The van der Waals surface area contributed by atoms with E-state index in [1.54, 1.807) is 4.90 Å². The summed E-state index contributed by atoms with van der Waals surface area (Å²) in [6.45, 7) is 4.29. The quantitative estimate of drug-likeness (QED) is 0.352. The first-order valence-corrected chi connectivity index (χ1v) is 14.7. The Balaban J connectivity index is 1.52. The van der Waals surface area contributed by atoms with Gasteiger partial charge in [0.25, 0.3) is 0 Å². The van der Waals surface area contributed by atoms with E-state index in [2.05, 4.69) is 17.6 Å². The van der Waals surface area contributed by atoms with E-state index in [-0.39, 0.29) is 24.3 Å². The fourth-order valence-corrected chi connectivity index (χ4v) is 7.31. The molecule has 5 rings (SSSR count). The number of unbranched alkanes of at least 4 members (excludes halogenated alkanes) is 2. The first-order valence-electron chi connectivity index (χ1n) is 14.7. The van der Waals surface area contributed by atoms with E-state index in [0.717, 1.165) is 24.8 Å². The number of nitrogens with zero attached hydrogens (tertiary/aromatic N) is 1. The molecule has 3 heterocycles. The predicted octanol–water partition coefficient (Wildman–Crippen LogP) is 3.69. The maximum absolute atomic E-state index is 14.5. The minimum atomic E-state index is -1.12. The van der Waals surface area contributed by atoms with Crippen LogP contribution in [-0.2, 0) is 25.5 Å². The second-order valence-corrected chi connectivity index (χ2v) is 11.5. The minimum Gasteiger partial charge on any atom is -0.394 e. The SMILES string of the molecule is CCCCCNC(=O)C1N([C@@H](CO)Cc2ccccc2)C(=O)[C@@H]2[C@@H](C(=O)Nc3ccccc3)[C@@]3(CC)CCC12O3. The Morgan fingerprint density at radius 3 is 2.38 bits per heavy atom. The summed E-state index contributed by atoms with van der Waals surface area (Å²) in [6, 6.07) is 17.3. The number of hydrogen-bond donors (Lipinski definition) is 3. The molecular formula is C32H41N3O5. The summed E-state index contributed by atoms with van der Waals surface area (Å²) in [6.07, 6.45) is 4.92. The lowest BCUT2D eigenvalue weighted by atomic mass is 9.65. The molecule has 3 aliphatic rings. The summed E-state index contributed by atoms with van der Waals surface area (Å²) in [5, 5.41) is 16.6. The standard InChI is InChI=1S/C32H41N3O5/c1-3-5-12-19-33-29(38)27-32-18-17-31(4-2,40-32)25(28(37)34-23-15-10-7-11-16-23)26(32)30(39)35(27)24(21-36)20-22-13-8-6-9-14-22/h6-11,13-16,24-27,36H,3-5,12,17-21H2,1-2H3,(H,33,38)(H,34,37)/t24-,25+,26+,27?,31-,32?/m1/s1. The number of rotatable bonds is 12. The number of carbonyl (C=O) groups is 3. The molecule has 0 radical (unpaired) electrons. The van der Waals surface area contributed by atoms with E-state index in [0.29, 0.717) is 37.9 Å². The Morgan fingerprint density at radius 2 is 1.73 bits per heavy atom. The molecule has 8 heteroatoms. The second kappa shape index (κ2) is 11.7. The zero-order valence-electron chi connectivity index (χ0n) is 23.5. The Labute approximate surface area is 236 Å². The van der Waals surface area contributed by atoms with Crippen molar-refractivity contribution >= 4 is 23.4 Å². The van der Waals surface area contributed by atoms with Crippen LogP contribution in [0.4, 0.5) is 5.69 Å². The van der Waals surface area contributed by atoms with E-state index >= 15 is 0 Å². The molecule has 214 valence electrons. The van der Waals surface area contributed by atoms with Gasteiger partial charge in [0.2, 0.25) is 17.7 Å². The highest BCUT2D eigenvalue weighted by Gasteiger charge is 2.79. The number of ether oxygens (including phenoxy) is 1. The molecule has 0 saturated carbocycles. The number of anilines is 1. The van der Waals surface area contributed by atoms with Crippen molar-refractivity contribution in [3.63, 3.8) is 0 Å². The van der Waals surface area contributed by atoms with Crippen molar-refractivity contribution in [2.24, 2.45) is 11.8 Å². The number of benzene rings is 2. The molecular weight excluding hydrogens is 506 g/mol. The second-order valence-electron chi connectivity index (χ2n) is 11.5.